The Bertz CT molecular complexity index is 1040. The summed E-state index contributed by atoms with van der Waals surface area (Å²) in [5, 5.41) is 0.755. The predicted octanol–water partition coefficient (Wildman–Crippen LogP) is 5.01. The quantitative estimate of drug-likeness (QED) is 0.485. The maximum absolute atomic E-state index is 6.00. The van der Waals surface area contributed by atoms with Crippen molar-refractivity contribution in [2.45, 2.75) is 6.61 Å². The molecule has 4 aromatic rings. The van der Waals surface area contributed by atoms with Gasteiger partial charge in [-0.25, -0.2) is 0 Å². The zero-order valence-electron chi connectivity index (χ0n) is 14.8. The first-order chi connectivity index (χ1) is 13.3. The fourth-order valence-electron chi connectivity index (χ4n) is 2.65. The van der Waals surface area contributed by atoms with Gasteiger partial charge in [-0.15, -0.1) is 0 Å². The largest absolute Gasteiger partial charge is 0.497 e. The Morgan fingerprint density at radius 1 is 0.778 bits per heavy atom. The highest BCUT2D eigenvalue weighted by atomic mass is 16.5. The third kappa shape index (κ3) is 3.98. The van der Waals surface area contributed by atoms with Gasteiger partial charge in [-0.3, -0.25) is 0 Å². The summed E-state index contributed by atoms with van der Waals surface area (Å²) in [7, 11) is 1.62. The molecule has 4 rings (SSSR count). The van der Waals surface area contributed by atoms with Crippen LogP contribution >= 0.6 is 0 Å². The molecule has 134 valence electrons. The van der Waals surface area contributed by atoms with Crippen LogP contribution in [0.1, 0.15) is 5.56 Å². The molecule has 0 fully saturated rings. The molecule has 0 atom stereocenters. The van der Waals surface area contributed by atoms with Crippen molar-refractivity contribution >= 4 is 10.9 Å². The van der Waals surface area contributed by atoms with E-state index in [9.17, 15) is 0 Å². The van der Waals surface area contributed by atoms with Gasteiger partial charge in [0.25, 0.3) is 0 Å². The summed E-state index contributed by atoms with van der Waals surface area (Å²) in [6.45, 7) is 0.382. The molecule has 1 heterocycles. The van der Waals surface area contributed by atoms with E-state index in [1.807, 2.05) is 78.9 Å². The van der Waals surface area contributed by atoms with Crippen LogP contribution in [0.15, 0.2) is 78.9 Å². The van der Waals surface area contributed by atoms with Gasteiger partial charge in [-0.1, -0.05) is 48.5 Å². The Kier molecular flexibility index (Phi) is 4.83. The number of hydrogen-bond acceptors (Lipinski definition) is 5. The molecule has 0 saturated heterocycles. The summed E-state index contributed by atoms with van der Waals surface area (Å²) in [6, 6.07) is 25.2. The van der Waals surface area contributed by atoms with Crippen LogP contribution < -0.4 is 14.2 Å². The Balaban J connectivity index is 1.70. The SMILES string of the molecule is COc1ccc2nc(OCc3ccccc3)nc(Oc3ccccc3)c2c1. The van der Waals surface area contributed by atoms with Crippen LogP contribution in [0, 0.1) is 0 Å². The number of rotatable bonds is 6. The van der Waals surface area contributed by atoms with Gasteiger partial charge in [-0.2, -0.15) is 9.97 Å². The lowest BCUT2D eigenvalue weighted by atomic mass is 10.2. The molecule has 5 heteroatoms. The first-order valence-corrected chi connectivity index (χ1v) is 8.57. The van der Waals surface area contributed by atoms with E-state index < -0.39 is 0 Å². The van der Waals surface area contributed by atoms with Crippen molar-refractivity contribution in [3.05, 3.63) is 84.4 Å². The second-order valence-corrected chi connectivity index (χ2v) is 5.88. The lowest BCUT2D eigenvalue weighted by Gasteiger charge is -2.11. The van der Waals surface area contributed by atoms with E-state index in [1.165, 1.54) is 0 Å². The molecule has 0 radical (unpaired) electrons. The summed E-state index contributed by atoms with van der Waals surface area (Å²) >= 11 is 0. The molecule has 0 N–H and O–H groups in total. The Hall–Kier alpha value is -3.60. The summed E-state index contributed by atoms with van der Waals surface area (Å²) in [6.07, 6.45) is 0. The first kappa shape index (κ1) is 16.8. The van der Waals surface area contributed by atoms with Crippen LogP contribution in [-0.4, -0.2) is 17.1 Å². The second kappa shape index (κ2) is 7.74. The van der Waals surface area contributed by atoms with E-state index in [2.05, 4.69) is 9.97 Å². The highest BCUT2D eigenvalue weighted by molar-refractivity contribution is 5.85. The Morgan fingerprint density at radius 3 is 2.26 bits per heavy atom. The molecule has 0 unspecified atom stereocenters. The minimum Gasteiger partial charge on any atom is -0.497 e. The van der Waals surface area contributed by atoms with E-state index in [4.69, 9.17) is 14.2 Å². The fraction of sp³-hybridized carbons (Fsp3) is 0.0909. The highest BCUT2D eigenvalue weighted by Gasteiger charge is 2.12. The standard InChI is InChI=1S/C22H18N2O3/c1-25-18-12-13-20-19(14-18)21(27-17-10-6-3-7-11-17)24-22(23-20)26-15-16-8-4-2-5-9-16/h2-14H,15H2,1H3. The van der Waals surface area contributed by atoms with Gasteiger partial charge in [-0.05, 0) is 35.9 Å². The highest BCUT2D eigenvalue weighted by Crippen LogP contribution is 2.31. The zero-order chi connectivity index (χ0) is 18.5. The van der Waals surface area contributed by atoms with Crippen molar-refractivity contribution in [3.63, 3.8) is 0 Å². The topological polar surface area (TPSA) is 53.5 Å². The molecule has 0 aliphatic heterocycles. The molecule has 3 aromatic carbocycles. The summed E-state index contributed by atoms with van der Waals surface area (Å²) in [4.78, 5) is 8.97. The van der Waals surface area contributed by atoms with Gasteiger partial charge < -0.3 is 14.2 Å². The van der Waals surface area contributed by atoms with Gasteiger partial charge in [0.15, 0.2) is 0 Å². The van der Waals surface area contributed by atoms with Crippen molar-refractivity contribution in [3.8, 4) is 23.4 Å². The fourth-order valence-corrected chi connectivity index (χ4v) is 2.65. The van der Waals surface area contributed by atoms with Crippen molar-refractivity contribution in [1.29, 1.82) is 0 Å². The number of benzene rings is 3. The number of hydrogen-bond donors (Lipinski definition) is 0. The van der Waals surface area contributed by atoms with Gasteiger partial charge >= 0.3 is 6.01 Å². The molecule has 27 heavy (non-hydrogen) atoms. The Labute approximate surface area is 157 Å². The van der Waals surface area contributed by atoms with E-state index in [0.29, 0.717) is 24.0 Å². The molecule has 5 nitrogen and oxygen atoms in total. The lowest BCUT2D eigenvalue weighted by molar-refractivity contribution is 0.278. The number of aromatic nitrogens is 2. The van der Waals surface area contributed by atoms with Crippen molar-refractivity contribution < 1.29 is 14.2 Å². The number of ether oxygens (including phenoxy) is 3. The molecule has 0 spiro atoms. The first-order valence-electron chi connectivity index (χ1n) is 8.57. The lowest BCUT2D eigenvalue weighted by Crippen LogP contribution is -2.01. The third-order valence-electron chi connectivity index (χ3n) is 4.02. The summed E-state index contributed by atoms with van der Waals surface area (Å²) in [5.41, 5.74) is 1.77. The smallest absolute Gasteiger partial charge is 0.320 e. The molecule has 1 aromatic heterocycles. The molecule has 0 bridgehead atoms. The van der Waals surface area contributed by atoms with Crippen molar-refractivity contribution in [2.75, 3.05) is 7.11 Å². The van der Waals surface area contributed by atoms with Crippen LogP contribution in [0.25, 0.3) is 10.9 Å². The molecule has 0 aliphatic rings. The minimum atomic E-state index is 0.266. The number of para-hydroxylation sites is 1. The van der Waals surface area contributed by atoms with Crippen molar-refractivity contribution in [2.24, 2.45) is 0 Å². The normalized spacial score (nSPS) is 10.6. The maximum Gasteiger partial charge on any atom is 0.320 e. The monoisotopic (exact) mass is 358 g/mol. The average Bonchev–Trinajstić information content (AvgIpc) is 2.73. The average molecular weight is 358 g/mol. The van der Waals surface area contributed by atoms with E-state index in [-0.39, 0.29) is 6.01 Å². The van der Waals surface area contributed by atoms with Crippen LogP contribution in [-0.2, 0) is 6.61 Å². The number of methoxy groups -OCH3 is 1. The van der Waals surface area contributed by atoms with Crippen LogP contribution in [0.4, 0.5) is 0 Å². The van der Waals surface area contributed by atoms with Crippen molar-refractivity contribution in [1.82, 2.24) is 9.97 Å². The van der Waals surface area contributed by atoms with Crippen LogP contribution in [0.3, 0.4) is 0 Å². The van der Waals surface area contributed by atoms with E-state index in [1.54, 1.807) is 7.11 Å². The molecule has 0 aliphatic carbocycles. The summed E-state index contributed by atoms with van der Waals surface area (Å²) in [5.74, 6) is 1.82. The summed E-state index contributed by atoms with van der Waals surface area (Å²) < 4.78 is 17.1. The second-order valence-electron chi connectivity index (χ2n) is 5.88. The van der Waals surface area contributed by atoms with E-state index >= 15 is 0 Å². The third-order valence-corrected chi connectivity index (χ3v) is 4.02. The van der Waals surface area contributed by atoms with Gasteiger partial charge in [0.1, 0.15) is 18.1 Å². The van der Waals surface area contributed by atoms with E-state index in [0.717, 1.165) is 16.5 Å². The Morgan fingerprint density at radius 2 is 1.52 bits per heavy atom. The number of fused-ring (bicyclic) bond motifs is 1. The predicted molar refractivity (Wildman–Crippen MR) is 103 cm³/mol. The number of nitrogens with zero attached hydrogens (tertiary/aromatic N) is 2. The zero-order valence-corrected chi connectivity index (χ0v) is 14.8. The van der Waals surface area contributed by atoms with Gasteiger partial charge in [0.2, 0.25) is 5.88 Å². The molecule has 0 amide bonds. The minimum absolute atomic E-state index is 0.266. The molecular weight excluding hydrogens is 340 g/mol. The molecular formula is C22H18N2O3. The van der Waals surface area contributed by atoms with Crippen LogP contribution in [0.5, 0.6) is 23.4 Å². The van der Waals surface area contributed by atoms with Gasteiger partial charge in [0, 0.05) is 0 Å². The molecule has 0 saturated carbocycles. The maximum atomic E-state index is 6.00. The van der Waals surface area contributed by atoms with Gasteiger partial charge in [0.05, 0.1) is 18.0 Å². The van der Waals surface area contributed by atoms with Crippen LogP contribution in [0.2, 0.25) is 0 Å².